The molecule has 0 amide bonds. The normalized spacial score (nSPS) is 10.3. The van der Waals surface area contributed by atoms with Gasteiger partial charge in [-0.25, -0.2) is 0 Å². The zero-order valence-electron chi connectivity index (χ0n) is 8.78. The van der Waals surface area contributed by atoms with Crippen molar-refractivity contribution in [3.63, 3.8) is 0 Å². The van der Waals surface area contributed by atoms with Crippen LogP contribution in [0.25, 0.3) is 11.1 Å². The summed E-state index contributed by atoms with van der Waals surface area (Å²) >= 11 is 0. The number of hydrogen-bond acceptors (Lipinski definition) is 2. The monoisotopic (exact) mass is 200 g/mol. The number of benzene rings is 1. The highest BCUT2D eigenvalue weighted by molar-refractivity contribution is 5.85. The lowest BCUT2D eigenvalue weighted by Crippen LogP contribution is -1.88. The van der Waals surface area contributed by atoms with Gasteiger partial charge in [0.15, 0.2) is 12.0 Å². The van der Waals surface area contributed by atoms with Gasteiger partial charge in [0.2, 0.25) is 0 Å². The molecule has 0 saturated heterocycles. The van der Waals surface area contributed by atoms with Crippen LogP contribution in [0.5, 0.6) is 0 Å². The lowest BCUT2D eigenvalue weighted by molar-refractivity contribution is 0.110. The molecule has 0 radical (unpaired) electrons. The number of aldehydes is 1. The quantitative estimate of drug-likeness (QED) is 0.695. The first kappa shape index (κ1) is 9.71. The molecule has 0 aliphatic carbocycles. The van der Waals surface area contributed by atoms with E-state index in [1.165, 1.54) is 11.1 Å². The van der Waals surface area contributed by atoms with E-state index in [-0.39, 0.29) is 0 Å². The summed E-state index contributed by atoms with van der Waals surface area (Å²) in [6, 6.07) is 7.87. The maximum Gasteiger partial charge on any atom is 0.185 e. The van der Waals surface area contributed by atoms with Crippen LogP contribution in [0.3, 0.4) is 0 Å². The SMILES string of the molecule is Cc1cccc(-c2ccoc2C=O)c1C. The average Bonchev–Trinajstić information content (AvgIpc) is 2.70. The minimum absolute atomic E-state index is 0.392. The van der Waals surface area contributed by atoms with Gasteiger partial charge in [0.25, 0.3) is 0 Å². The Hall–Kier alpha value is -1.83. The zero-order valence-corrected chi connectivity index (χ0v) is 8.78. The van der Waals surface area contributed by atoms with Crippen molar-refractivity contribution >= 4 is 6.29 Å². The maximum atomic E-state index is 10.8. The molecule has 0 fully saturated rings. The molecule has 2 heteroatoms. The van der Waals surface area contributed by atoms with Crippen LogP contribution >= 0.6 is 0 Å². The highest BCUT2D eigenvalue weighted by Crippen LogP contribution is 2.28. The van der Waals surface area contributed by atoms with Crippen LogP contribution in [-0.4, -0.2) is 6.29 Å². The summed E-state index contributed by atoms with van der Waals surface area (Å²) in [6.07, 6.45) is 2.29. The predicted octanol–water partition coefficient (Wildman–Crippen LogP) is 3.38. The summed E-state index contributed by atoms with van der Waals surface area (Å²) < 4.78 is 5.10. The summed E-state index contributed by atoms with van der Waals surface area (Å²) in [5, 5.41) is 0. The molecule has 1 aromatic carbocycles. The molecule has 0 unspecified atom stereocenters. The molecule has 0 bridgehead atoms. The Bertz CT molecular complexity index is 495. The van der Waals surface area contributed by atoms with E-state index >= 15 is 0 Å². The van der Waals surface area contributed by atoms with Gasteiger partial charge in [0, 0.05) is 5.56 Å². The first-order valence-corrected chi connectivity index (χ1v) is 4.83. The van der Waals surface area contributed by atoms with Gasteiger partial charge in [0.1, 0.15) is 0 Å². The number of rotatable bonds is 2. The van der Waals surface area contributed by atoms with Crippen molar-refractivity contribution in [2.24, 2.45) is 0 Å². The minimum Gasteiger partial charge on any atom is -0.461 e. The fourth-order valence-electron chi connectivity index (χ4n) is 1.68. The van der Waals surface area contributed by atoms with Crippen molar-refractivity contribution in [1.29, 1.82) is 0 Å². The first-order chi connectivity index (χ1) is 7.24. The Morgan fingerprint density at radius 2 is 1.93 bits per heavy atom. The summed E-state index contributed by atoms with van der Waals surface area (Å²) in [4.78, 5) is 10.8. The van der Waals surface area contributed by atoms with E-state index in [2.05, 4.69) is 13.0 Å². The molecule has 0 atom stereocenters. The van der Waals surface area contributed by atoms with Gasteiger partial charge in [-0.2, -0.15) is 0 Å². The van der Waals surface area contributed by atoms with Crippen LogP contribution in [0.1, 0.15) is 21.7 Å². The topological polar surface area (TPSA) is 30.2 Å². The lowest BCUT2D eigenvalue weighted by atomic mass is 9.98. The van der Waals surface area contributed by atoms with E-state index in [0.717, 1.165) is 17.4 Å². The van der Waals surface area contributed by atoms with E-state index in [1.807, 2.05) is 25.1 Å². The molecule has 76 valence electrons. The first-order valence-electron chi connectivity index (χ1n) is 4.83. The fraction of sp³-hybridized carbons (Fsp3) is 0.154. The van der Waals surface area contributed by atoms with Crippen molar-refractivity contribution in [3.8, 4) is 11.1 Å². The van der Waals surface area contributed by atoms with Crippen molar-refractivity contribution in [2.75, 3.05) is 0 Å². The second-order valence-electron chi connectivity index (χ2n) is 3.56. The van der Waals surface area contributed by atoms with Crippen molar-refractivity contribution < 1.29 is 9.21 Å². The molecular formula is C13H12O2. The van der Waals surface area contributed by atoms with Gasteiger partial charge in [-0.3, -0.25) is 4.79 Å². The Labute approximate surface area is 88.5 Å². The van der Waals surface area contributed by atoms with Crippen molar-refractivity contribution in [2.45, 2.75) is 13.8 Å². The second kappa shape index (κ2) is 3.73. The highest BCUT2D eigenvalue weighted by Gasteiger charge is 2.10. The predicted molar refractivity (Wildman–Crippen MR) is 59.0 cm³/mol. The Kier molecular flexibility index (Phi) is 2.42. The van der Waals surface area contributed by atoms with Gasteiger partial charge < -0.3 is 4.42 Å². The molecule has 2 rings (SSSR count). The van der Waals surface area contributed by atoms with Gasteiger partial charge in [-0.1, -0.05) is 18.2 Å². The molecule has 2 nitrogen and oxygen atoms in total. The van der Waals surface area contributed by atoms with Gasteiger partial charge in [-0.05, 0) is 36.6 Å². The number of hydrogen-bond donors (Lipinski definition) is 0. The van der Waals surface area contributed by atoms with E-state index < -0.39 is 0 Å². The third kappa shape index (κ3) is 1.59. The van der Waals surface area contributed by atoms with Crippen LogP contribution in [0.2, 0.25) is 0 Å². The van der Waals surface area contributed by atoms with E-state index in [1.54, 1.807) is 6.26 Å². The maximum absolute atomic E-state index is 10.8. The van der Waals surface area contributed by atoms with Crippen LogP contribution in [0.4, 0.5) is 0 Å². The van der Waals surface area contributed by atoms with Crippen molar-refractivity contribution in [3.05, 3.63) is 47.4 Å². The van der Waals surface area contributed by atoms with Gasteiger partial charge in [0.05, 0.1) is 6.26 Å². The minimum atomic E-state index is 0.392. The molecule has 1 aromatic heterocycles. The van der Waals surface area contributed by atoms with Crippen LogP contribution in [0.15, 0.2) is 34.9 Å². The average molecular weight is 200 g/mol. The molecule has 1 heterocycles. The number of aryl methyl sites for hydroxylation is 1. The van der Waals surface area contributed by atoms with Gasteiger partial charge >= 0.3 is 0 Å². The smallest absolute Gasteiger partial charge is 0.185 e. The standard InChI is InChI=1S/C13H12O2/c1-9-4-3-5-11(10(9)2)12-6-7-15-13(12)8-14/h3-8H,1-2H3. The zero-order chi connectivity index (χ0) is 10.8. The molecule has 0 N–H and O–H groups in total. The van der Waals surface area contributed by atoms with E-state index in [4.69, 9.17) is 4.42 Å². The third-order valence-corrected chi connectivity index (χ3v) is 2.70. The lowest BCUT2D eigenvalue weighted by Gasteiger charge is -2.06. The Morgan fingerprint density at radius 3 is 2.67 bits per heavy atom. The van der Waals surface area contributed by atoms with E-state index in [9.17, 15) is 4.79 Å². The fourth-order valence-corrected chi connectivity index (χ4v) is 1.68. The Balaban J connectivity index is 2.64. The van der Waals surface area contributed by atoms with Gasteiger partial charge in [-0.15, -0.1) is 0 Å². The van der Waals surface area contributed by atoms with Crippen LogP contribution in [-0.2, 0) is 0 Å². The molecule has 0 spiro atoms. The van der Waals surface area contributed by atoms with E-state index in [0.29, 0.717) is 5.76 Å². The summed E-state index contributed by atoms with van der Waals surface area (Å²) in [6.45, 7) is 4.10. The summed E-state index contributed by atoms with van der Waals surface area (Å²) in [5.41, 5.74) is 4.32. The second-order valence-corrected chi connectivity index (χ2v) is 3.56. The largest absolute Gasteiger partial charge is 0.461 e. The van der Waals surface area contributed by atoms with Crippen LogP contribution < -0.4 is 0 Å². The molecule has 15 heavy (non-hydrogen) atoms. The molecule has 2 aromatic rings. The highest BCUT2D eigenvalue weighted by atomic mass is 16.3. The number of carbonyl (C=O) groups is 1. The summed E-state index contributed by atoms with van der Waals surface area (Å²) in [7, 11) is 0. The Morgan fingerprint density at radius 1 is 1.13 bits per heavy atom. The molecule has 0 aliphatic rings. The van der Waals surface area contributed by atoms with Crippen LogP contribution in [0, 0.1) is 13.8 Å². The molecule has 0 saturated carbocycles. The van der Waals surface area contributed by atoms with Crippen molar-refractivity contribution in [1.82, 2.24) is 0 Å². The molecular weight excluding hydrogens is 188 g/mol. The number of furan rings is 1. The molecule has 0 aliphatic heterocycles. The third-order valence-electron chi connectivity index (χ3n) is 2.70. The number of carbonyl (C=O) groups excluding carboxylic acids is 1. The summed E-state index contributed by atoms with van der Waals surface area (Å²) in [5.74, 6) is 0.392.